The van der Waals surface area contributed by atoms with E-state index < -0.39 is 0 Å². The molecule has 0 spiro atoms. The molecule has 3 unspecified atom stereocenters. The van der Waals surface area contributed by atoms with Crippen LogP contribution in [0.15, 0.2) is 24.3 Å². The van der Waals surface area contributed by atoms with E-state index in [9.17, 15) is 0 Å². The maximum absolute atomic E-state index is 3.57. The van der Waals surface area contributed by atoms with Crippen molar-refractivity contribution in [3.05, 3.63) is 35.4 Å². The van der Waals surface area contributed by atoms with Gasteiger partial charge in [-0.25, -0.2) is 0 Å². The molecular weight excluding hydrogens is 232 g/mol. The summed E-state index contributed by atoms with van der Waals surface area (Å²) in [5.74, 6) is 0.894. The minimum atomic E-state index is 0.619. The summed E-state index contributed by atoms with van der Waals surface area (Å²) in [7, 11) is 0. The Morgan fingerprint density at radius 3 is 2.84 bits per heavy atom. The van der Waals surface area contributed by atoms with Crippen LogP contribution in [-0.2, 0) is 6.54 Å². The van der Waals surface area contributed by atoms with Gasteiger partial charge in [0.05, 0.1) is 0 Å². The second-order valence-corrected chi connectivity index (χ2v) is 6.40. The molecule has 1 fully saturated rings. The van der Waals surface area contributed by atoms with Gasteiger partial charge < -0.3 is 5.32 Å². The van der Waals surface area contributed by atoms with Crippen molar-refractivity contribution in [1.82, 2.24) is 10.2 Å². The van der Waals surface area contributed by atoms with Gasteiger partial charge in [0.15, 0.2) is 0 Å². The minimum absolute atomic E-state index is 0.619. The molecule has 2 aliphatic heterocycles. The number of piperidine rings is 1. The molecule has 19 heavy (non-hydrogen) atoms. The highest BCUT2D eigenvalue weighted by atomic mass is 15.2. The third kappa shape index (κ3) is 2.70. The highest BCUT2D eigenvalue weighted by Gasteiger charge is 2.31. The second-order valence-electron chi connectivity index (χ2n) is 6.40. The fourth-order valence-corrected chi connectivity index (χ4v) is 3.87. The van der Waals surface area contributed by atoms with E-state index in [-0.39, 0.29) is 0 Å². The lowest BCUT2D eigenvalue weighted by Gasteiger charge is -2.42. The van der Waals surface area contributed by atoms with Crippen LogP contribution in [0.25, 0.3) is 0 Å². The zero-order valence-corrected chi connectivity index (χ0v) is 12.2. The van der Waals surface area contributed by atoms with Crippen LogP contribution >= 0.6 is 0 Å². The predicted octanol–water partition coefficient (Wildman–Crippen LogP) is 3.34. The fraction of sp³-hybridized carbons (Fsp3) is 0.647. The van der Waals surface area contributed by atoms with Crippen molar-refractivity contribution >= 4 is 0 Å². The van der Waals surface area contributed by atoms with E-state index in [0.717, 1.165) is 25.0 Å². The highest BCUT2D eigenvalue weighted by molar-refractivity contribution is 5.31. The normalized spacial score (nSPS) is 32.6. The first-order chi connectivity index (χ1) is 9.25. The van der Waals surface area contributed by atoms with E-state index in [0.29, 0.717) is 6.04 Å². The van der Waals surface area contributed by atoms with Gasteiger partial charge in [-0.15, -0.1) is 0 Å². The largest absolute Gasteiger partial charge is 0.313 e. The summed E-state index contributed by atoms with van der Waals surface area (Å²) >= 11 is 0. The van der Waals surface area contributed by atoms with Crippen molar-refractivity contribution in [2.75, 3.05) is 13.1 Å². The number of nitrogens with one attached hydrogen (secondary N) is 1. The molecule has 0 aliphatic carbocycles. The van der Waals surface area contributed by atoms with E-state index in [1.165, 1.54) is 31.4 Å². The molecule has 0 bridgehead atoms. The summed E-state index contributed by atoms with van der Waals surface area (Å²) in [6.45, 7) is 8.25. The molecule has 104 valence electrons. The van der Waals surface area contributed by atoms with E-state index in [1.807, 2.05) is 0 Å². The molecule has 1 N–H and O–H groups in total. The zero-order valence-electron chi connectivity index (χ0n) is 12.2. The van der Waals surface area contributed by atoms with Crippen LogP contribution in [0.4, 0.5) is 0 Å². The van der Waals surface area contributed by atoms with Crippen molar-refractivity contribution in [2.24, 2.45) is 5.92 Å². The summed E-state index contributed by atoms with van der Waals surface area (Å²) in [6.07, 6.45) is 3.96. The summed E-state index contributed by atoms with van der Waals surface area (Å²) < 4.78 is 0. The maximum atomic E-state index is 3.57. The molecule has 1 saturated heterocycles. The summed E-state index contributed by atoms with van der Waals surface area (Å²) in [4.78, 5) is 2.76. The Hall–Kier alpha value is -0.860. The number of benzene rings is 1. The van der Waals surface area contributed by atoms with Gasteiger partial charge in [0.2, 0.25) is 0 Å². The Kier molecular flexibility index (Phi) is 3.90. The second kappa shape index (κ2) is 5.64. The van der Waals surface area contributed by atoms with Crippen LogP contribution in [-0.4, -0.2) is 24.0 Å². The number of likely N-dealkylation sites (tertiary alicyclic amines) is 1. The van der Waals surface area contributed by atoms with Gasteiger partial charge in [-0.1, -0.05) is 31.2 Å². The van der Waals surface area contributed by atoms with Crippen molar-refractivity contribution < 1.29 is 0 Å². The number of hydrogen-bond acceptors (Lipinski definition) is 2. The van der Waals surface area contributed by atoms with E-state index in [2.05, 4.69) is 48.3 Å². The Morgan fingerprint density at radius 2 is 2.00 bits per heavy atom. The van der Waals surface area contributed by atoms with Crippen LogP contribution in [0.5, 0.6) is 0 Å². The third-order valence-electron chi connectivity index (χ3n) is 4.91. The smallest absolute Gasteiger partial charge is 0.0366 e. The van der Waals surface area contributed by atoms with Gasteiger partial charge in [-0.05, 0) is 56.3 Å². The van der Waals surface area contributed by atoms with Crippen LogP contribution < -0.4 is 5.32 Å². The molecule has 2 heteroatoms. The van der Waals surface area contributed by atoms with Crippen molar-refractivity contribution in [3.63, 3.8) is 0 Å². The quantitative estimate of drug-likeness (QED) is 0.831. The first kappa shape index (κ1) is 13.1. The molecule has 1 aromatic rings. The first-order valence-corrected chi connectivity index (χ1v) is 7.80. The van der Waals surface area contributed by atoms with Crippen LogP contribution in [0.2, 0.25) is 0 Å². The number of hydrogen-bond donors (Lipinski definition) is 1. The van der Waals surface area contributed by atoms with E-state index in [4.69, 9.17) is 0 Å². The Balaban J connectivity index is 1.87. The molecule has 3 rings (SSSR count). The number of nitrogens with zero attached hydrogens (tertiary/aromatic N) is 1. The van der Waals surface area contributed by atoms with Gasteiger partial charge in [-0.2, -0.15) is 0 Å². The van der Waals surface area contributed by atoms with Crippen molar-refractivity contribution in [3.8, 4) is 0 Å². The van der Waals surface area contributed by atoms with E-state index >= 15 is 0 Å². The third-order valence-corrected chi connectivity index (χ3v) is 4.91. The summed E-state index contributed by atoms with van der Waals surface area (Å²) in [6, 6.07) is 10.3. The lowest BCUT2D eigenvalue weighted by Crippen LogP contribution is -2.43. The standard InChI is InChI=1S/C17H26N2/c1-13-8-10-19(14(2)11-13)17-7-9-18-12-15-5-3-4-6-16(15)17/h3-6,13-14,17-18H,7-12H2,1-2H3. The Labute approximate surface area is 117 Å². The fourth-order valence-electron chi connectivity index (χ4n) is 3.87. The molecule has 0 saturated carbocycles. The molecular formula is C17H26N2. The van der Waals surface area contributed by atoms with Gasteiger partial charge in [0.25, 0.3) is 0 Å². The maximum Gasteiger partial charge on any atom is 0.0366 e. The van der Waals surface area contributed by atoms with Crippen LogP contribution in [0.3, 0.4) is 0 Å². The van der Waals surface area contributed by atoms with Gasteiger partial charge in [0, 0.05) is 18.6 Å². The molecule has 0 radical (unpaired) electrons. The van der Waals surface area contributed by atoms with Crippen molar-refractivity contribution in [2.45, 2.75) is 51.7 Å². The minimum Gasteiger partial charge on any atom is -0.313 e. The number of rotatable bonds is 1. The van der Waals surface area contributed by atoms with E-state index in [1.54, 1.807) is 5.56 Å². The zero-order chi connectivity index (χ0) is 13.2. The van der Waals surface area contributed by atoms with Gasteiger partial charge in [0.1, 0.15) is 0 Å². The SMILES string of the molecule is CC1CCN(C2CCNCc3ccccc32)C(C)C1. The Morgan fingerprint density at radius 1 is 1.16 bits per heavy atom. The van der Waals surface area contributed by atoms with Gasteiger partial charge >= 0.3 is 0 Å². The molecule has 0 amide bonds. The summed E-state index contributed by atoms with van der Waals surface area (Å²) in [5, 5.41) is 3.57. The van der Waals surface area contributed by atoms with Crippen molar-refractivity contribution in [1.29, 1.82) is 0 Å². The molecule has 0 aromatic heterocycles. The number of fused-ring (bicyclic) bond motifs is 1. The molecule has 3 atom stereocenters. The molecule has 1 aromatic carbocycles. The predicted molar refractivity (Wildman–Crippen MR) is 80.1 cm³/mol. The monoisotopic (exact) mass is 258 g/mol. The van der Waals surface area contributed by atoms with Crippen LogP contribution in [0, 0.1) is 5.92 Å². The molecule has 2 heterocycles. The lowest BCUT2D eigenvalue weighted by atomic mass is 9.89. The topological polar surface area (TPSA) is 15.3 Å². The average Bonchev–Trinajstić information content (AvgIpc) is 2.61. The Bertz CT molecular complexity index is 429. The average molecular weight is 258 g/mol. The lowest BCUT2D eigenvalue weighted by molar-refractivity contribution is 0.0778. The molecule has 2 aliphatic rings. The first-order valence-electron chi connectivity index (χ1n) is 7.80. The molecule has 2 nitrogen and oxygen atoms in total. The van der Waals surface area contributed by atoms with Gasteiger partial charge in [-0.3, -0.25) is 4.90 Å². The highest BCUT2D eigenvalue weighted by Crippen LogP contribution is 2.35. The van der Waals surface area contributed by atoms with Crippen LogP contribution in [0.1, 0.15) is 50.3 Å². The summed E-state index contributed by atoms with van der Waals surface area (Å²) in [5.41, 5.74) is 3.06.